The summed E-state index contributed by atoms with van der Waals surface area (Å²) >= 11 is 0. The molecule has 1 N–H and O–H groups in total. The van der Waals surface area contributed by atoms with Crippen molar-refractivity contribution in [1.29, 1.82) is 0 Å². The standard InChI is InChI=1S/C15H23NO3/c17-14(18)9-8-12-5-4-10-16(11-12)15(19)13-6-2-1-3-7-13/h1-2,12-13H,3-11H2,(H,17,18)/t12-,13-/m1/s1. The molecule has 0 aromatic carbocycles. The Labute approximate surface area is 114 Å². The highest BCUT2D eigenvalue weighted by Gasteiger charge is 2.28. The summed E-state index contributed by atoms with van der Waals surface area (Å²) in [6, 6.07) is 0. The Morgan fingerprint density at radius 1 is 1.26 bits per heavy atom. The van der Waals surface area contributed by atoms with Gasteiger partial charge in [-0.2, -0.15) is 0 Å². The third-order valence-corrected chi connectivity index (χ3v) is 4.22. The van der Waals surface area contributed by atoms with E-state index in [1.54, 1.807) is 0 Å². The van der Waals surface area contributed by atoms with Crippen LogP contribution in [0.3, 0.4) is 0 Å². The Hall–Kier alpha value is -1.32. The van der Waals surface area contributed by atoms with Crippen LogP contribution in [0.25, 0.3) is 0 Å². The highest BCUT2D eigenvalue weighted by atomic mass is 16.4. The van der Waals surface area contributed by atoms with Crippen molar-refractivity contribution in [2.24, 2.45) is 11.8 Å². The van der Waals surface area contributed by atoms with Crippen LogP contribution in [0.1, 0.15) is 44.9 Å². The van der Waals surface area contributed by atoms with Crippen molar-refractivity contribution in [2.45, 2.75) is 44.9 Å². The second-order valence-electron chi connectivity index (χ2n) is 5.71. The van der Waals surface area contributed by atoms with Crippen LogP contribution in [0.5, 0.6) is 0 Å². The van der Waals surface area contributed by atoms with Crippen LogP contribution in [0.15, 0.2) is 12.2 Å². The van der Waals surface area contributed by atoms with Crippen LogP contribution in [0.4, 0.5) is 0 Å². The molecule has 4 heteroatoms. The van der Waals surface area contributed by atoms with E-state index in [0.29, 0.717) is 12.3 Å². The van der Waals surface area contributed by atoms with Crippen molar-refractivity contribution < 1.29 is 14.7 Å². The summed E-state index contributed by atoms with van der Waals surface area (Å²) in [6.07, 6.45) is 10.1. The maximum absolute atomic E-state index is 12.4. The zero-order valence-corrected chi connectivity index (χ0v) is 11.4. The normalized spacial score (nSPS) is 27.3. The first-order valence-corrected chi connectivity index (χ1v) is 7.32. The van der Waals surface area contributed by atoms with Crippen LogP contribution in [-0.4, -0.2) is 35.0 Å². The first-order chi connectivity index (χ1) is 9.16. The highest BCUT2D eigenvalue weighted by molar-refractivity contribution is 5.79. The SMILES string of the molecule is O=C(O)CC[C@H]1CCCN(C(=O)[C@@H]2CC=CCC2)C1. The Bertz CT molecular complexity index is 364. The summed E-state index contributed by atoms with van der Waals surface area (Å²) in [5, 5.41) is 8.73. The van der Waals surface area contributed by atoms with E-state index in [-0.39, 0.29) is 18.2 Å². The molecule has 0 saturated carbocycles. The summed E-state index contributed by atoms with van der Waals surface area (Å²) in [6.45, 7) is 1.61. The molecule has 2 rings (SSSR count). The number of carboxylic acid groups (broad SMARTS) is 1. The molecule has 1 fully saturated rings. The Balaban J connectivity index is 1.84. The van der Waals surface area contributed by atoms with Crippen LogP contribution < -0.4 is 0 Å². The third-order valence-electron chi connectivity index (χ3n) is 4.22. The second-order valence-corrected chi connectivity index (χ2v) is 5.71. The first-order valence-electron chi connectivity index (χ1n) is 7.32. The number of hydrogen-bond acceptors (Lipinski definition) is 2. The van der Waals surface area contributed by atoms with Crippen molar-refractivity contribution in [3.8, 4) is 0 Å². The summed E-state index contributed by atoms with van der Waals surface area (Å²) in [5.74, 6) is 0.0707. The predicted octanol–water partition coefficient (Wildman–Crippen LogP) is 2.45. The number of carbonyl (C=O) groups is 2. The number of rotatable bonds is 4. The summed E-state index contributed by atoms with van der Waals surface area (Å²) < 4.78 is 0. The number of carboxylic acids is 1. The average Bonchev–Trinajstić information content (AvgIpc) is 2.45. The van der Waals surface area contributed by atoms with Crippen molar-refractivity contribution in [2.75, 3.05) is 13.1 Å². The minimum absolute atomic E-state index is 0.156. The summed E-state index contributed by atoms with van der Waals surface area (Å²) in [5.41, 5.74) is 0. The molecule has 0 radical (unpaired) electrons. The van der Waals surface area contributed by atoms with Crippen molar-refractivity contribution in [1.82, 2.24) is 4.90 Å². The lowest BCUT2D eigenvalue weighted by molar-refractivity contribution is -0.138. The predicted molar refractivity (Wildman–Crippen MR) is 72.7 cm³/mol. The van der Waals surface area contributed by atoms with E-state index >= 15 is 0 Å². The molecular weight excluding hydrogens is 242 g/mol. The number of hydrogen-bond donors (Lipinski definition) is 1. The van der Waals surface area contributed by atoms with Gasteiger partial charge in [0.1, 0.15) is 0 Å². The number of aliphatic carboxylic acids is 1. The molecule has 2 atom stereocenters. The molecule has 1 aliphatic carbocycles. The van der Waals surface area contributed by atoms with Gasteiger partial charge in [-0.1, -0.05) is 12.2 Å². The molecule has 106 valence electrons. The second kappa shape index (κ2) is 6.73. The molecule has 0 bridgehead atoms. The van der Waals surface area contributed by atoms with Crippen LogP contribution in [0, 0.1) is 11.8 Å². The van der Waals surface area contributed by atoms with Crippen molar-refractivity contribution in [3.63, 3.8) is 0 Å². The topological polar surface area (TPSA) is 57.6 Å². The Morgan fingerprint density at radius 2 is 2.11 bits per heavy atom. The van der Waals surface area contributed by atoms with Crippen molar-refractivity contribution in [3.05, 3.63) is 12.2 Å². The number of nitrogens with zero attached hydrogens (tertiary/aromatic N) is 1. The molecule has 0 aromatic heterocycles. The van der Waals surface area contributed by atoms with Crippen molar-refractivity contribution >= 4 is 11.9 Å². The molecule has 0 spiro atoms. The zero-order valence-electron chi connectivity index (χ0n) is 11.4. The molecular formula is C15H23NO3. The van der Waals surface area contributed by atoms with E-state index in [2.05, 4.69) is 12.2 Å². The van der Waals surface area contributed by atoms with Gasteiger partial charge in [0.15, 0.2) is 0 Å². The maximum Gasteiger partial charge on any atom is 0.303 e. The first kappa shape index (κ1) is 14.1. The lowest BCUT2D eigenvalue weighted by atomic mass is 9.89. The Kier molecular flexibility index (Phi) is 5.00. The van der Waals surface area contributed by atoms with Gasteiger partial charge < -0.3 is 10.0 Å². The van der Waals surface area contributed by atoms with Crippen LogP contribution in [-0.2, 0) is 9.59 Å². The van der Waals surface area contributed by atoms with Gasteiger partial charge in [0.05, 0.1) is 0 Å². The van der Waals surface area contributed by atoms with E-state index in [9.17, 15) is 9.59 Å². The van der Waals surface area contributed by atoms with Gasteiger partial charge in [-0.05, 0) is 44.4 Å². The fourth-order valence-corrected chi connectivity index (χ4v) is 3.10. The maximum atomic E-state index is 12.4. The van der Waals surface area contributed by atoms with Gasteiger partial charge in [-0.15, -0.1) is 0 Å². The molecule has 1 heterocycles. The van der Waals surface area contributed by atoms with E-state index in [4.69, 9.17) is 5.11 Å². The quantitative estimate of drug-likeness (QED) is 0.794. The van der Waals surface area contributed by atoms with E-state index < -0.39 is 5.97 Å². The smallest absolute Gasteiger partial charge is 0.303 e. The van der Waals surface area contributed by atoms with Crippen LogP contribution >= 0.6 is 0 Å². The third kappa shape index (κ3) is 4.08. The molecule has 1 amide bonds. The molecule has 4 nitrogen and oxygen atoms in total. The molecule has 19 heavy (non-hydrogen) atoms. The largest absolute Gasteiger partial charge is 0.481 e. The monoisotopic (exact) mass is 265 g/mol. The minimum Gasteiger partial charge on any atom is -0.481 e. The van der Waals surface area contributed by atoms with E-state index in [1.807, 2.05) is 4.90 Å². The summed E-state index contributed by atoms with van der Waals surface area (Å²) in [7, 11) is 0. The van der Waals surface area contributed by atoms with E-state index in [0.717, 1.165) is 45.2 Å². The number of amides is 1. The van der Waals surface area contributed by atoms with Gasteiger partial charge in [-0.25, -0.2) is 0 Å². The minimum atomic E-state index is -0.735. The van der Waals surface area contributed by atoms with Gasteiger partial charge in [0.2, 0.25) is 5.91 Å². The highest BCUT2D eigenvalue weighted by Crippen LogP contribution is 2.26. The lowest BCUT2D eigenvalue weighted by Gasteiger charge is -2.35. The molecule has 0 aromatic rings. The summed E-state index contributed by atoms with van der Waals surface area (Å²) in [4.78, 5) is 25.0. The fourth-order valence-electron chi connectivity index (χ4n) is 3.10. The average molecular weight is 265 g/mol. The molecule has 1 aliphatic heterocycles. The lowest BCUT2D eigenvalue weighted by Crippen LogP contribution is -2.43. The molecule has 0 unspecified atom stereocenters. The number of likely N-dealkylation sites (tertiary alicyclic amines) is 1. The van der Waals surface area contributed by atoms with Gasteiger partial charge in [-0.3, -0.25) is 9.59 Å². The zero-order chi connectivity index (χ0) is 13.7. The van der Waals surface area contributed by atoms with Gasteiger partial charge in [0, 0.05) is 25.4 Å². The van der Waals surface area contributed by atoms with Gasteiger partial charge >= 0.3 is 5.97 Å². The fraction of sp³-hybridized carbons (Fsp3) is 0.733. The van der Waals surface area contributed by atoms with Gasteiger partial charge in [0.25, 0.3) is 0 Å². The van der Waals surface area contributed by atoms with Crippen LogP contribution in [0.2, 0.25) is 0 Å². The number of allylic oxidation sites excluding steroid dienone is 2. The number of carbonyl (C=O) groups excluding carboxylic acids is 1. The molecule has 2 aliphatic rings. The Morgan fingerprint density at radius 3 is 2.79 bits per heavy atom. The van der Waals surface area contributed by atoms with E-state index in [1.165, 1.54) is 0 Å². The number of piperidine rings is 1. The molecule has 1 saturated heterocycles.